The third-order valence-electron chi connectivity index (χ3n) is 2.82. The van der Waals surface area contributed by atoms with Gasteiger partial charge < -0.3 is 14.8 Å². The summed E-state index contributed by atoms with van der Waals surface area (Å²) in [5.41, 5.74) is 1.22. The molecule has 0 spiro atoms. The van der Waals surface area contributed by atoms with Crippen LogP contribution in [-0.2, 0) is 17.9 Å². The van der Waals surface area contributed by atoms with Gasteiger partial charge in [0.2, 0.25) is 5.91 Å². The highest BCUT2D eigenvalue weighted by molar-refractivity contribution is 5.75. The first-order valence-electron chi connectivity index (χ1n) is 6.34. The zero-order valence-corrected chi connectivity index (χ0v) is 11.1. The summed E-state index contributed by atoms with van der Waals surface area (Å²) in [6, 6.07) is 2.05. The molecular formula is C13H23N3O. The van der Waals surface area contributed by atoms with Crippen LogP contribution >= 0.6 is 0 Å². The number of hydrogen-bond acceptors (Lipinski definition) is 2. The molecule has 17 heavy (non-hydrogen) atoms. The van der Waals surface area contributed by atoms with E-state index < -0.39 is 0 Å². The van der Waals surface area contributed by atoms with Gasteiger partial charge in [-0.1, -0.05) is 6.92 Å². The number of amides is 1. The quantitative estimate of drug-likeness (QED) is 0.779. The summed E-state index contributed by atoms with van der Waals surface area (Å²) >= 11 is 0. The molecule has 0 bridgehead atoms. The highest BCUT2D eigenvalue weighted by atomic mass is 16.2. The Hall–Kier alpha value is -1.29. The predicted molar refractivity (Wildman–Crippen MR) is 69.7 cm³/mol. The number of rotatable bonds is 7. The van der Waals surface area contributed by atoms with Gasteiger partial charge in [-0.2, -0.15) is 0 Å². The summed E-state index contributed by atoms with van der Waals surface area (Å²) in [5.74, 6) is 0.181. The Balaban J connectivity index is 2.51. The molecule has 0 aromatic carbocycles. The molecule has 0 unspecified atom stereocenters. The van der Waals surface area contributed by atoms with E-state index in [-0.39, 0.29) is 5.91 Å². The largest absolute Gasteiger partial charge is 0.345 e. The van der Waals surface area contributed by atoms with Crippen molar-refractivity contribution >= 4 is 5.91 Å². The van der Waals surface area contributed by atoms with Crippen LogP contribution in [0.2, 0.25) is 0 Å². The molecule has 1 aromatic heterocycles. The van der Waals surface area contributed by atoms with E-state index in [2.05, 4.69) is 18.3 Å². The van der Waals surface area contributed by atoms with Gasteiger partial charge in [-0.3, -0.25) is 4.79 Å². The summed E-state index contributed by atoms with van der Waals surface area (Å²) < 4.78 is 1.95. The second kappa shape index (κ2) is 7.12. The summed E-state index contributed by atoms with van der Waals surface area (Å²) in [4.78, 5) is 13.7. The molecule has 0 saturated heterocycles. The maximum absolute atomic E-state index is 11.9. The Morgan fingerprint density at radius 3 is 2.65 bits per heavy atom. The van der Waals surface area contributed by atoms with Crippen LogP contribution in [0, 0.1) is 0 Å². The molecule has 0 saturated carbocycles. The second-order valence-electron chi connectivity index (χ2n) is 4.04. The van der Waals surface area contributed by atoms with Crippen LogP contribution in [0.3, 0.4) is 0 Å². The Kier molecular flexibility index (Phi) is 5.77. The zero-order valence-electron chi connectivity index (χ0n) is 11.1. The normalized spacial score (nSPS) is 10.5. The highest BCUT2D eigenvalue weighted by Gasteiger charge is 2.09. The van der Waals surface area contributed by atoms with Crippen LogP contribution in [0.15, 0.2) is 18.5 Å². The van der Waals surface area contributed by atoms with Crippen molar-refractivity contribution in [1.82, 2.24) is 14.8 Å². The number of aromatic nitrogens is 1. The van der Waals surface area contributed by atoms with Gasteiger partial charge in [-0.15, -0.1) is 0 Å². The van der Waals surface area contributed by atoms with E-state index in [9.17, 15) is 4.79 Å². The molecule has 0 aliphatic heterocycles. The smallest absolute Gasteiger partial charge is 0.242 e. The van der Waals surface area contributed by atoms with Crippen LogP contribution in [0.1, 0.15) is 26.3 Å². The lowest BCUT2D eigenvalue weighted by molar-refractivity contribution is -0.131. The summed E-state index contributed by atoms with van der Waals surface area (Å²) in [7, 11) is 0. The summed E-state index contributed by atoms with van der Waals surface area (Å²) in [6.07, 6.45) is 4.00. The SMILES string of the molecule is CCNCc1ccn(CC(=O)N(CC)CC)c1. The summed E-state index contributed by atoms with van der Waals surface area (Å²) in [5, 5.41) is 3.27. The number of carbonyl (C=O) groups excluding carboxylic acids is 1. The van der Waals surface area contributed by atoms with E-state index >= 15 is 0 Å². The maximum Gasteiger partial charge on any atom is 0.242 e. The van der Waals surface area contributed by atoms with E-state index in [1.807, 2.05) is 35.7 Å². The van der Waals surface area contributed by atoms with Crippen molar-refractivity contribution in [3.8, 4) is 0 Å². The van der Waals surface area contributed by atoms with E-state index in [4.69, 9.17) is 0 Å². The Morgan fingerprint density at radius 1 is 1.35 bits per heavy atom. The molecule has 0 atom stereocenters. The van der Waals surface area contributed by atoms with E-state index in [1.165, 1.54) is 5.56 Å². The molecule has 1 rings (SSSR count). The van der Waals surface area contributed by atoms with Crippen molar-refractivity contribution in [3.05, 3.63) is 24.0 Å². The zero-order chi connectivity index (χ0) is 12.7. The van der Waals surface area contributed by atoms with Crippen LogP contribution in [0.4, 0.5) is 0 Å². The van der Waals surface area contributed by atoms with Crippen molar-refractivity contribution in [3.63, 3.8) is 0 Å². The topological polar surface area (TPSA) is 37.3 Å². The first-order valence-corrected chi connectivity index (χ1v) is 6.34. The van der Waals surface area contributed by atoms with Gasteiger partial charge in [0.15, 0.2) is 0 Å². The Labute approximate surface area is 104 Å². The number of carbonyl (C=O) groups is 1. The fourth-order valence-corrected chi connectivity index (χ4v) is 1.80. The molecule has 0 radical (unpaired) electrons. The molecule has 0 aliphatic rings. The van der Waals surface area contributed by atoms with Crippen molar-refractivity contribution in [2.45, 2.75) is 33.9 Å². The predicted octanol–water partition coefficient (Wildman–Crippen LogP) is 1.47. The molecule has 1 heterocycles. The van der Waals surface area contributed by atoms with Gasteiger partial charge in [-0.05, 0) is 32.0 Å². The Bertz CT molecular complexity index is 342. The fraction of sp³-hybridized carbons (Fsp3) is 0.615. The minimum Gasteiger partial charge on any atom is -0.345 e. The fourth-order valence-electron chi connectivity index (χ4n) is 1.80. The third-order valence-corrected chi connectivity index (χ3v) is 2.82. The Morgan fingerprint density at radius 2 is 2.06 bits per heavy atom. The van der Waals surface area contributed by atoms with Gasteiger partial charge in [0.05, 0.1) is 0 Å². The first-order chi connectivity index (χ1) is 8.21. The van der Waals surface area contributed by atoms with Crippen LogP contribution in [0.25, 0.3) is 0 Å². The molecule has 1 N–H and O–H groups in total. The molecule has 1 aromatic rings. The molecule has 96 valence electrons. The van der Waals surface area contributed by atoms with E-state index in [1.54, 1.807) is 0 Å². The molecule has 1 amide bonds. The monoisotopic (exact) mass is 237 g/mol. The van der Waals surface area contributed by atoms with Gasteiger partial charge in [0.25, 0.3) is 0 Å². The lowest BCUT2D eigenvalue weighted by Gasteiger charge is -2.18. The lowest BCUT2D eigenvalue weighted by Crippen LogP contribution is -2.33. The molecule has 0 aliphatic carbocycles. The van der Waals surface area contributed by atoms with E-state index in [0.29, 0.717) is 6.54 Å². The highest BCUT2D eigenvalue weighted by Crippen LogP contribution is 2.02. The lowest BCUT2D eigenvalue weighted by atomic mass is 10.3. The average molecular weight is 237 g/mol. The molecule has 4 nitrogen and oxygen atoms in total. The minimum absolute atomic E-state index is 0.181. The number of nitrogens with zero attached hydrogens (tertiary/aromatic N) is 2. The van der Waals surface area contributed by atoms with Crippen molar-refractivity contribution in [2.24, 2.45) is 0 Å². The molecular weight excluding hydrogens is 214 g/mol. The van der Waals surface area contributed by atoms with Crippen molar-refractivity contribution < 1.29 is 4.79 Å². The number of likely N-dealkylation sites (N-methyl/N-ethyl adjacent to an activating group) is 1. The van der Waals surface area contributed by atoms with Gasteiger partial charge in [-0.25, -0.2) is 0 Å². The number of nitrogens with one attached hydrogen (secondary N) is 1. The average Bonchev–Trinajstić information content (AvgIpc) is 2.75. The van der Waals surface area contributed by atoms with Crippen LogP contribution in [-0.4, -0.2) is 35.0 Å². The van der Waals surface area contributed by atoms with Gasteiger partial charge in [0.1, 0.15) is 6.54 Å². The second-order valence-corrected chi connectivity index (χ2v) is 4.04. The van der Waals surface area contributed by atoms with Crippen LogP contribution < -0.4 is 5.32 Å². The van der Waals surface area contributed by atoms with Crippen LogP contribution in [0.5, 0.6) is 0 Å². The van der Waals surface area contributed by atoms with Gasteiger partial charge in [0, 0.05) is 32.0 Å². The maximum atomic E-state index is 11.9. The first kappa shape index (κ1) is 13.8. The van der Waals surface area contributed by atoms with Gasteiger partial charge >= 0.3 is 0 Å². The third kappa shape index (κ3) is 4.23. The standard InChI is InChI=1S/C13H23N3O/c1-4-14-9-12-7-8-15(10-12)11-13(17)16(5-2)6-3/h7-8,10,14H,4-6,9,11H2,1-3H3. The van der Waals surface area contributed by atoms with Crippen molar-refractivity contribution in [2.75, 3.05) is 19.6 Å². The van der Waals surface area contributed by atoms with Crippen molar-refractivity contribution in [1.29, 1.82) is 0 Å². The minimum atomic E-state index is 0.181. The number of hydrogen-bond donors (Lipinski definition) is 1. The molecule has 0 fully saturated rings. The summed E-state index contributed by atoms with van der Waals surface area (Å²) in [6.45, 7) is 9.92. The molecule has 4 heteroatoms. The van der Waals surface area contributed by atoms with E-state index in [0.717, 1.165) is 26.2 Å².